The van der Waals surface area contributed by atoms with Crippen molar-refractivity contribution in [2.75, 3.05) is 20.1 Å². The van der Waals surface area contributed by atoms with Crippen LogP contribution in [0, 0.1) is 5.92 Å². The standard InChI is InChI=1S/C12H23N3O4/c1-8(2)5-6-13-12(19)14-10(16)7-15(4)9(3)11(17)18/h8-9H,5-7H2,1-4H3,(H,17,18)(H2,13,14,16,19). The van der Waals surface area contributed by atoms with Crippen LogP contribution in [0.2, 0.25) is 0 Å². The number of hydrogen-bond acceptors (Lipinski definition) is 4. The van der Waals surface area contributed by atoms with Gasteiger partial charge in [0.15, 0.2) is 0 Å². The Kier molecular flexibility index (Phi) is 7.74. The smallest absolute Gasteiger partial charge is 0.321 e. The molecule has 19 heavy (non-hydrogen) atoms. The van der Waals surface area contributed by atoms with E-state index in [4.69, 9.17) is 5.11 Å². The zero-order chi connectivity index (χ0) is 15.0. The van der Waals surface area contributed by atoms with E-state index in [1.165, 1.54) is 18.9 Å². The first-order valence-corrected chi connectivity index (χ1v) is 6.24. The van der Waals surface area contributed by atoms with Crippen LogP contribution < -0.4 is 10.6 Å². The van der Waals surface area contributed by atoms with Crippen molar-refractivity contribution in [3.8, 4) is 0 Å². The number of aliphatic carboxylic acids is 1. The van der Waals surface area contributed by atoms with Crippen molar-refractivity contribution >= 4 is 17.9 Å². The van der Waals surface area contributed by atoms with E-state index < -0.39 is 23.9 Å². The first-order valence-electron chi connectivity index (χ1n) is 6.24. The van der Waals surface area contributed by atoms with Gasteiger partial charge in [0.05, 0.1) is 6.54 Å². The van der Waals surface area contributed by atoms with Gasteiger partial charge in [-0.1, -0.05) is 13.8 Å². The molecule has 0 saturated carbocycles. The van der Waals surface area contributed by atoms with Crippen LogP contribution >= 0.6 is 0 Å². The van der Waals surface area contributed by atoms with Crippen molar-refractivity contribution in [1.82, 2.24) is 15.5 Å². The number of carbonyl (C=O) groups is 3. The van der Waals surface area contributed by atoms with Gasteiger partial charge in [0, 0.05) is 6.54 Å². The van der Waals surface area contributed by atoms with Crippen LogP contribution in [0.25, 0.3) is 0 Å². The summed E-state index contributed by atoms with van der Waals surface area (Å²) in [6.45, 7) is 5.89. The zero-order valence-electron chi connectivity index (χ0n) is 11.9. The second kappa shape index (κ2) is 8.47. The molecule has 0 aliphatic rings. The lowest BCUT2D eigenvalue weighted by atomic mass is 10.1. The fourth-order valence-electron chi connectivity index (χ4n) is 1.24. The number of hydrogen-bond donors (Lipinski definition) is 3. The summed E-state index contributed by atoms with van der Waals surface area (Å²) in [6.07, 6.45) is 0.831. The number of carboxylic acid groups (broad SMARTS) is 1. The third kappa shape index (κ3) is 8.15. The summed E-state index contributed by atoms with van der Waals surface area (Å²) in [6, 6.07) is -1.34. The Morgan fingerprint density at radius 1 is 1.21 bits per heavy atom. The number of amides is 3. The number of rotatable bonds is 7. The van der Waals surface area contributed by atoms with Crippen LogP contribution in [0.3, 0.4) is 0 Å². The highest BCUT2D eigenvalue weighted by molar-refractivity contribution is 5.95. The quantitative estimate of drug-likeness (QED) is 0.618. The zero-order valence-corrected chi connectivity index (χ0v) is 11.9. The lowest BCUT2D eigenvalue weighted by molar-refractivity contribution is -0.142. The van der Waals surface area contributed by atoms with Gasteiger partial charge < -0.3 is 10.4 Å². The van der Waals surface area contributed by atoms with E-state index in [1.54, 1.807) is 0 Å². The molecule has 0 saturated heterocycles. The van der Waals surface area contributed by atoms with Gasteiger partial charge in [0.25, 0.3) is 0 Å². The SMILES string of the molecule is CC(C)CCNC(=O)NC(=O)CN(C)C(C)C(=O)O. The molecular formula is C12H23N3O4. The van der Waals surface area contributed by atoms with Crippen molar-refractivity contribution in [1.29, 1.82) is 0 Å². The molecule has 0 aromatic heterocycles. The second-order valence-electron chi connectivity index (χ2n) is 4.92. The Morgan fingerprint density at radius 3 is 2.26 bits per heavy atom. The number of imide groups is 1. The molecular weight excluding hydrogens is 250 g/mol. The van der Waals surface area contributed by atoms with Crippen LogP contribution in [0.15, 0.2) is 0 Å². The van der Waals surface area contributed by atoms with Gasteiger partial charge in [-0.3, -0.25) is 19.8 Å². The number of carboxylic acids is 1. The third-order valence-corrected chi connectivity index (χ3v) is 2.67. The molecule has 1 unspecified atom stereocenters. The van der Waals surface area contributed by atoms with E-state index in [-0.39, 0.29) is 6.54 Å². The minimum Gasteiger partial charge on any atom is -0.480 e. The van der Waals surface area contributed by atoms with Crippen molar-refractivity contribution in [3.05, 3.63) is 0 Å². The predicted molar refractivity (Wildman–Crippen MR) is 70.7 cm³/mol. The lowest BCUT2D eigenvalue weighted by Crippen LogP contribution is -2.47. The normalized spacial score (nSPS) is 12.3. The molecule has 0 radical (unpaired) electrons. The van der Waals surface area contributed by atoms with Gasteiger partial charge in [-0.25, -0.2) is 4.79 Å². The first kappa shape index (κ1) is 17.4. The molecule has 0 aliphatic carbocycles. The molecule has 7 heteroatoms. The minimum atomic E-state index is -1.02. The minimum absolute atomic E-state index is 0.148. The topological polar surface area (TPSA) is 98.7 Å². The maximum absolute atomic E-state index is 11.5. The molecule has 7 nitrogen and oxygen atoms in total. The maximum Gasteiger partial charge on any atom is 0.321 e. The molecule has 0 fully saturated rings. The van der Waals surface area contributed by atoms with Crippen molar-refractivity contribution < 1.29 is 19.5 Å². The van der Waals surface area contributed by atoms with Crippen molar-refractivity contribution in [2.45, 2.75) is 33.2 Å². The van der Waals surface area contributed by atoms with Gasteiger partial charge in [0.1, 0.15) is 6.04 Å². The molecule has 0 bridgehead atoms. The average molecular weight is 273 g/mol. The summed E-state index contributed by atoms with van der Waals surface area (Å²) in [4.78, 5) is 34.9. The lowest BCUT2D eigenvalue weighted by Gasteiger charge is -2.20. The van der Waals surface area contributed by atoms with Gasteiger partial charge in [-0.05, 0) is 26.3 Å². The van der Waals surface area contributed by atoms with Crippen LogP contribution in [-0.4, -0.2) is 54.1 Å². The summed E-state index contributed by atoms with van der Waals surface area (Å²) < 4.78 is 0. The predicted octanol–water partition coefficient (Wildman–Crippen LogP) is 0.263. The molecule has 3 amide bonds. The Bertz CT molecular complexity index is 331. The fourth-order valence-corrected chi connectivity index (χ4v) is 1.24. The van der Waals surface area contributed by atoms with Crippen molar-refractivity contribution in [2.24, 2.45) is 5.92 Å². The van der Waals surface area contributed by atoms with E-state index in [1.807, 2.05) is 13.8 Å². The molecule has 0 aromatic rings. The molecule has 0 spiro atoms. The second-order valence-corrected chi connectivity index (χ2v) is 4.92. The molecule has 3 N–H and O–H groups in total. The third-order valence-electron chi connectivity index (χ3n) is 2.67. The van der Waals surface area contributed by atoms with Gasteiger partial charge in [0.2, 0.25) is 5.91 Å². The Hall–Kier alpha value is -1.63. The summed E-state index contributed by atoms with van der Waals surface area (Å²) >= 11 is 0. The largest absolute Gasteiger partial charge is 0.480 e. The highest BCUT2D eigenvalue weighted by Gasteiger charge is 2.19. The van der Waals surface area contributed by atoms with E-state index in [0.29, 0.717) is 12.5 Å². The average Bonchev–Trinajstić information content (AvgIpc) is 2.26. The maximum atomic E-state index is 11.5. The highest BCUT2D eigenvalue weighted by atomic mass is 16.4. The molecule has 0 heterocycles. The Balaban J connectivity index is 3.97. The monoisotopic (exact) mass is 273 g/mol. The van der Waals surface area contributed by atoms with Crippen LogP contribution in [0.4, 0.5) is 4.79 Å². The van der Waals surface area contributed by atoms with Crippen LogP contribution in [-0.2, 0) is 9.59 Å². The Morgan fingerprint density at radius 2 is 1.79 bits per heavy atom. The van der Waals surface area contributed by atoms with Gasteiger partial charge in [-0.2, -0.15) is 0 Å². The number of nitrogens with one attached hydrogen (secondary N) is 2. The van der Waals surface area contributed by atoms with Crippen molar-refractivity contribution in [3.63, 3.8) is 0 Å². The van der Waals surface area contributed by atoms with E-state index >= 15 is 0 Å². The summed E-state index contributed by atoms with van der Waals surface area (Å²) in [5, 5.41) is 13.5. The number of nitrogens with zero attached hydrogens (tertiary/aromatic N) is 1. The first-order chi connectivity index (χ1) is 8.73. The van der Waals surface area contributed by atoms with E-state index in [9.17, 15) is 14.4 Å². The molecule has 0 aromatic carbocycles. The molecule has 110 valence electrons. The van der Waals surface area contributed by atoms with Gasteiger partial charge in [-0.15, -0.1) is 0 Å². The molecule has 0 aliphatic heterocycles. The van der Waals surface area contributed by atoms with E-state index in [0.717, 1.165) is 6.42 Å². The number of carbonyl (C=O) groups excluding carboxylic acids is 2. The summed E-state index contributed by atoms with van der Waals surface area (Å²) in [7, 11) is 1.51. The summed E-state index contributed by atoms with van der Waals surface area (Å²) in [5.74, 6) is -1.08. The molecule has 1 atom stereocenters. The molecule has 0 rings (SSSR count). The number of urea groups is 1. The van der Waals surface area contributed by atoms with Gasteiger partial charge >= 0.3 is 12.0 Å². The number of likely N-dealkylation sites (N-methyl/N-ethyl adjacent to an activating group) is 1. The van der Waals surface area contributed by atoms with E-state index in [2.05, 4.69) is 10.6 Å². The highest BCUT2D eigenvalue weighted by Crippen LogP contribution is 1.96. The Labute approximate surface area is 113 Å². The van der Waals surface area contributed by atoms with Crippen LogP contribution in [0.1, 0.15) is 27.2 Å². The summed E-state index contributed by atoms with van der Waals surface area (Å²) in [5.41, 5.74) is 0. The van der Waals surface area contributed by atoms with Crippen LogP contribution in [0.5, 0.6) is 0 Å². The fraction of sp³-hybridized carbons (Fsp3) is 0.750.